The second-order valence-electron chi connectivity index (χ2n) is 5.12. The van der Waals surface area contributed by atoms with E-state index in [0.717, 1.165) is 5.69 Å². The van der Waals surface area contributed by atoms with E-state index in [-0.39, 0.29) is 6.04 Å². The summed E-state index contributed by atoms with van der Waals surface area (Å²) in [5.74, 6) is 0. The van der Waals surface area contributed by atoms with Gasteiger partial charge in [0.1, 0.15) is 5.01 Å². The highest BCUT2D eigenvalue weighted by molar-refractivity contribution is 9.10. The fourth-order valence-corrected chi connectivity index (χ4v) is 4.71. The molecule has 0 aromatic carbocycles. The molecule has 3 rings (SSSR count). The number of aryl methyl sites for hydroxylation is 3. The molecule has 2 aromatic heterocycles. The Morgan fingerprint density at radius 1 is 1.26 bits per heavy atom. The van der Waals surface area contributed by atoms with E-state index >= 15 is 0 Å². The van der Waals surface area contributed by atoms with Crippen LogP contribution in [0.3, 0.4) is 0 Å². The smallest absolute Gasteiger partial charge is 0.115 e. The van der Waals surface area contributed by atoms with Crippen LogP contribution in [0.5, 0.6) is 0 Å². The number of thiophene rings is 1. The molecule has 19 heavy (non-hydrogen) atoms. The van der Waals surface area contributed by atoms with Crippen molar-refractivity contribution >= 4 is 38.6 Å². The van der Waals surface area contributed by atoms with Crippen LogP contribution in [0.25, 0.3) is 0 Å². The molecule has 0 radical (unpaired) electrons. The first-order valence-corrected chi connectivity index (χ1v) is 8.93. The zero-order valence-electron chi connectivity index (χ0n) is 11.3. The van der Waals surface area contributed by atoms with Crippen LogP contribution in [0.1, 0.15) is 44.2 Å². The first-order valence-electron chi connectivity index (χ1n) is 6.50. The second-order valence-corrected chi connectivity index (χ2v) is 8.50. The molecule has 0 amide bonds. The zero-order valence-corrected chi connectivity index (χ0v) is 14.5. The third-order valence-corrected chi connectivity index (χ3v) is 6.77. The molecule has 1 aliphatic rings. The van der Waals surface area contributed by atoms with Crippen molar-refractivity contribution in [2.75, 3.05) is 0 Å². The Morgan fingerprint density at radius 3 is 2.47 bits per heavy atom. The summed E-state index contributed by atoms with van der Waals surface area (Å²) in [7, 11) is 0. The van der Waals surface area contributed by atoms with Crippen molar-refractivity contribution in [3.05, 3.63) is 35.9 Å². The number of nitrogens with zero attached hydrogens (tertiary/aromatic N) is 1. The summed E-state index contributed by atoms with van der Waals surface area (Å²) in [6.45, 7) is 6.41. The first-order chi connectivity index (χ1) is 9.04. The highest BCUT2D eigenvalue weighted by Crippen LogP contribution is 2.37. The molecule has 2 nitrogen and oxygen atoms in total. The SMILES string of the molecule is Cc1nc(C(NC2CC2)c2cc(Br)c(C)s2)sc1C. The predicted octanol–water partition coefficient (Wildman–Crippen LogP) is 4.73. The molecule has 0 spiro atoms. The van der Waals surface area contributed by atoms with Gasteiger partial charge in [-0.2, -0.15) is 0 Å². The average Bonchev–Trinajstić information content (AvgIpc) is 3.04. The van der Waals surface area contributed by atoms with Crippen LogP contribution in [-0.2, 0) is 0 Å². The molecule has 1 unspecified atom stereocenters. The topological polar surface area (TPSA) is 24.9 Å². The number of hydrogen-bond donors (Lipinski definition) is 1. The van der Waals surface area contributed by atoms with Crippen LogP contribution < -0.4 is 5.32 Å². The minimum absolute atomic E-state index is 0.264. The number of halogens is 1. The Kier molecular flexibility index (Phi) is 3.82. The molecule has 102 valence electrons. The van der Waals surface area contributed by atoms with Crippen LogP contribution in [0.4, 0.5) is 0 Å². The van der Waals surface area contributed by atoms with Gasteiger partial charge in [0, 0.05) is 25.1 Å². The lowest BCUT2D eigenvalue weighted by Crippen LogP contribution is -2.23. The van der Waals surface area contributed by atoms with Gasteiger partial charge in [-0.15, -0.1) is 22.7 Å². The van der Waals surface area contributed by atoms with E-state index in [1.54, 1.807) is 0 Å². The summed E-state index contributed by atoms with van der Waals surface area (Å²) in [6.07, 6.45) is 2.59. The van der Waals surface area contributed by atoms with Gasteiger partial charge in [-0.3, -0.25) is 0 Å². The molecule has 1 aliphatic carbocycles. The van der Waals surface area contributed by atoms with Crippen LogP contribution in [0.2, 0.25) is 0 Å². The Hall–Kier alpha value is -0.230. The quantitative estimate of drug-likeness (QED) is 0.855. The fraction of sp³-hybridized carbons (Fsp3) is 0.500. The van der Waals surface area contributed by atoms with Crippen molar-refractivity contribution in [2.24, 2.45) is 0 Å². The lowest BCUT2D eigenvalue weighted by atomic mass is 10.2. The third-order valence-electron chi connectivity index (χ3n) is 3.43. The summed E-state index contributed by atoms with van der Waals surface area (Å²) in [4.78, 5) is 8.78. The van der Waals surface area contributed by atoms with E-state index in [1.165, 1.54) is 37.0 Å². The van der Waals surface area contributed by atoms with Crippen LogP contribution in [0, 0.1) is 20.8 Å². The lowest BCUT2D eigenvalue weighted by molar-refractivity contribution is 0.605. The van der Waals surface area contributed by atoms with Gasteiger partial charge in [0.2, 0.25) is 0 Å². The second kappa shape index (κ2) is 5.28. The van der Waals surface area contributed by atoms with Crippen molar-refractivity contribution in [3.8, 4) is 0 Å². The summed E-state index contributed by atoms with van der Waals surface area (Å²) in [5.41, 5.74) is 1.16. The minimum atomic E-state index is 0.264. The van der Waals surface area contributed by atoms with E-state index < -0.39 is 0 Å². The maximum atomic E-state index is 4.75. The highest BCUT2D eigenvalue weighted by Gasteiger charge is 2.29. The van der Waals surface area contributed by atoms with E-state index in [1.807, 2.05) is 22.7 Å². The van der Waals surface area contributed by atoms with Crippen LogP contribution >= 0.6 is 38.6 Å². The molecule has 1 N–H and O–H groups in total. The normalized spacial score (nSPS) is 16.8. The van der Waals surface area contributed by atoms with E-state index in [0.29, 0.717) is 6.04 Å². The van der Waals surface area contributed by atoms with Gasteiger partial charge in [-0.25, -0.2) is 4.98 Å². The van der Waals surface area contributed by atoms with Crippen LogP contribution in [-0.4, -0.2) is 11.0 Å². The number of rotatable bonds is 4. The van der Waals surface area contributed by atoms with Crippen molar-refractivity contribution in [3.63, 3.8) is 0 Å². The van der Waals surface area contributed by atoms with Gasteiger partial charge < -0.3 is 5.32 Å². The monoisotopic (exact) mass is 356 g/mol. The van der Waals surface area contributed by atoms with Gasteiger partial charge in [-0.05, 0) is 55.6 Å². The summed E-state index contributed by atoms with van der Waals surface area (Å²) in [5, 5.41) is 4.95. The van der Waals surface area contributed by atoms with Gasteiger partial charge in [0.15, 0.2) is 0 Å². The Balaban J connectivity index is 1.96. The molecular weight excluding hydrogens is 340 g/mol. The van der Waals surface area contributed by atoms with Crippen LogP contribution in [0.15, 0.2) is 10.5 Å². The largest absolute Gasteiger partial charge is 0.301 e. The number of hydrogen-bond acceptors (Lipinski definition) is 4. The van der Waals surface area contributed by atoms with Gasteiger partial charge in [0.25, 0.3) is 0 Å². The molecule has 1 saturated carbocycles. The van der Waals surface area contributed by atoms with Gasteiger partial charge in [-0.1, -0.05) is 0 Å². The van der Waals surface area contributed by atoms with Crippen molar-refractivity contribution in [1.29, 1.82) is 0 Å². The molecular formula is C14H17BrN2S2. The summed E-state index contributed by atoms with van der Waals surface area (Å²) in [6, 6.07) is 3.18. The maximum Gasteiger partial charge on any atom is 0.115 e. The fourth-order valence-electron chi connectivity index (χ4n) is 2.01. The molecule has 5 heteroatoms. The van der Waals surface area contributed by atoms with E-state index in [4.69, 9.17) is 4.98 Å². The molecule has 0 bridgehead atoms. The third kappa shape index (κ3) is 2.94. The van der Waals surface area contributed by atoms with E-state index in [2.05, 4.69) is 48.1 Å². The molecule has 1 atom stereocenters. The Bertz CT molecular complexity index is 513. The first kappa shape index (κ1) is 13.7. The van der Waals surface area contributed by atoms with Crippen molar-refractivity contribution in [1.82, 2.24) is 10.3 Å². The summed E-state index contributed by atoms with van der Waals surface area (Å²) >= 11 is 7.30. The molecule has 2 aromatic rings. The molecule has 0 aliphatic heterocycles. The number of nitrogens with one attached hydrogen (secondary N) is 1. The predicted molar refractivity (Wildman–Crippen MR) is 86.3 cm³/mol. The maximum absolute atomic E-state index is 4.75. The average molecular weight is 357 g/mol. The van der Waals surface area contributed by atoms with E-state index in [9.17, 15) is 0 Å². The van der Waals surface area contributed by atoms with Gasteiger partial charge in [0.05, 0.1) is 11.7 Å². The zero-order chi connectivity index (χ0) is 13.6. The number of thiazole rings is 1. The Morgan fingerprint density at radius 2 is 2.00 bits per heavy atom. The molecule has 0 saturated heterocycles. The highest BCUT2D eigenvalue weighted by atomic mass is 79.9. The van der Waals surface area contributed by atoms with Gasteiger partial charge >= 0.3 is 0 Å². The Labute approximate surface area is 130 Å². The summed E-state index contributed by atoms with van der Waals surface area (Å²) < 4.78 is 1.21. The molecule has 2 heterocycles. The van der Waals surface area contributed by atoms with Crippen molar-refractivity contribution in [2.45, 2.75) is 45.7 Å². The standard InChI is InChI=1S/C14H17BrN2S2/c1-7-8(2)19-14(16-7)13(17-10-4-5-10)12-6-11(15)9(3)18-12/h6,10,13,17H,4-5H2,1-3H3. The minimum Gasteiger partial charge on any atom is -0.301 e. The van der Waals surface area contributed by atoms with Crippen molar-refractivity contribution < 1.29 is 0 Å². The lowest BCUT2D eigenvalue weighted by Gasteiger charge is -2.14. The number of aromatic nitrogens is 1. The molecule has 1 fully saturated rings.